The number of esters is 1. The Morgan fingerprint density at radius 1 is 1.36 bits per heavy atom. The minimum Gasteiger partial charge on any atom is -0.451 e. The number of likely N-dealkylation sites (N-methyl/N-ethyl adjacent to an activating group) is 1. The number of ether oxygens (including phenoxy) is 1. The average molecular weight is 453 g/mol. The third kappa shape index (κ3) is 6.83. The molecule has 1 aromatic rings. The Hall–Kier alpha value is -1.50. The first-order chi connectivity index (χ1) is 13.0. The van der Waals surface area contributed by atoms with Crippen molar-refractivity contribution in [3.63, 3.8) is 0 Å². The molecule has 1 aromatic heterocycles. The molecule has 2 rings (SSSR count). The van der Waals surface area contributed by atoms with E-state index in [9.17, 15) is 26.4 Å². The van der Waals surface area contributed by atoms with E-state index in [2.05, 4.69) is 4.72 Å². The average Bonchev–Trinajstić information content (AvgIpc) is 3.19. The van der Waals surface area contributed by atoms with E-state index in [1.165, 1.54) is 16.2 Å². The van der Waals surface area contributed by atoms with Gasteiger partial charge in [-0.15, -0.1) is 11.3 Å². The van der Waals surface area contributed by atoms with Gasteiger partial charge in [-0.05, 0) is 31.9 Å². The summed E-state index contributed by atoms with van der Waals surface area (Å²) in [6.07, 6.45) is 1.90. The fourth-order valence-electron chi connectivity index (χ4n) is 2.92. The predicted molar refractivity (Wildman–Crippen MR) is 106 cm³/mol. The number of sulfonamides is 1. The van der Waals surface area contributed by atoms with Gasteiger partial charge in [0.1, 0.15) is 4.88 Å². The summed E-state index contributed by atoms with van der Waals surface area (Å²) in [4.78, 5) is 27.0. The van der Waals surface area contributed by atoms with Gasteiger partial charge in [0.25, 0.3) is 5.91 Å². The number of hydrogen-bond acceptors (Lipinski definition) is 8. The molecule has 28 heavy (non-hydrogen) atoms. The number of nitrogens with zero attached hydrogens (tertiary/aromatic N) is 1. The van der Waals surface area contributed by atoms with E-state index in [1.807, 2.05) is 0 Å². The topological polar surface area (TPSA) is 127 Å². The van der Waals surface area contributed by atoms with Crippen molar-refractivity contribution in [2.24, 2.45) is 0 Å². The zero-order chi connectivity index (χ0) is 20.9. The molecule has 0 radical (unpaired) electrons. The van der Waals surface area contributed by atoms with Crippen molar-refractivity contribution in [1.82, 2.24) is 9.62 Å². The Balaban J connectivity index is 1.85. The van der Waals surface area contributed by atoms with Crippen LogP contribution in [0.2, 0.25) is 0 Å². The molecule has 1 amide bonds. The van der Waals surface area contributed by atoms with Gasteiger partial charge in [0.2, 0.25) is 10.0 Å². The van der Waals surface area contributed by atoms with E-state index in [-0.39, 0.29) is 24.1 Å². The number of hydrogen-bond donors (Lipinski definition) is 1. The first kappa shape index (κ1) is 22.8. The van der Waals surface area contributed by atoms with Gasteiger partial charge in [-0.1, -0.05) is 0 Å². The molecule has 0 aliphatic carbocycles. The molecule has 1 N–H and O–H groups in total. The standard InChI is InChI=1S/C16H24N2O7S3/c1-3-18(12-7-9-28(23,24)11-12)15(19)10-25-16(20)14-5-4-13(26-14)6-8-17-27(2,21)22/h4-5,12,17H,3,6-11H2,1-2H3. The highest BCUT2D eigenvalue weighted by Gasteiger charge is 2.34. The minimum atomic E-state index is -3.26. The summed E-state index contributed by atoms with van der Waals surface area (Å²) in [5.74, 6) is -1.06. The first-order valence-corrected chi connectivity index (χ1v) is 13.2. The van der Waals surface area contributed by atoms with Crippen molar-refractivity contribution >= 4 is 43.1 Å². The number of carbonyl (C=O) groups is 2. The summed E-state index contributed by atoms with van der Waals surface area (Å²) in [6.45, 7) is 1.86. The van der Waals surface area contributed by atoms with Crippen LogP contribution in [0.3, 0.4) is 0 Å². The molecule has 1 aliphatic rings. The van der Waals surface area contributed by atoms with Crippen LogP contribution in [0.4, 0.5) is 0 Å². The summed E-state index contributed by atoms with van der Waals surface area (Å²) >= 11 is 1.17. The minimum absolute atomic E-state index is 0.0592. The second-order valence-corrected chi connectivity index (χ2v) is 11.7. The van der Waals surface area contributed by atoms with Crippen molar-refractivity contribution in [1.29, 1.82) is 0 Å². The van der Waals surface area contributed by atoms with Gasteiger partial charge in [0.05, 0.1) is 17.8 Å². The van der Waals surface area contributed by atoms with Gasteiger partial charge in [0, 0.05) is 24.0 Å². The largest absolute Gasteiger partial charge is 0.451 e. The molecule has 1 aliphatic heterocycles. The Bertz CT molecular complexity index is 922. The van der Waals surface area contributed by atoms with Crippen LogP contribution in [0.5, 0.6) is 0 Å². The van der Waals surface area contributed by atoms with E-state index in [0.29, 0.717) is 24.3 Å². The molecular weight excluding hydrogens is 428 g/mol. The Morgan fingerprint density at radius 2 is 2.07 bits per heavy atom. The second kappa shape index (κ2) is 9.33. The zero-order valence-corrected chi connectivity index (χ0v) is 18.2. The molecule has 1 unspecified atom stereocenters. The molecule has 158 valence electrons. The highest BCUT2D eigenvalue weighted by atomic mass is 32.2. The summed E-state index contributed by atoms with van der Waals surface area (Å²) < 4.78 is 52.7. The van der Waals surface area contributed by atoms with Gasteiger partial charge in [-0.2, -0.15) is 0 Å². The van der Waals surface area contributed by atoms with Gasteiger partial charge in [-0.3, -0.25) is 4.79 Å². The molecule has 1 atom stereocenters. The predicted octanol–water partition coefficient (Wildman–Crippen LogP) is 0.0322. The van der Waals surface area contributed by atoms with Crippen LogP contribution in [-0.4, -0.2) is 77.1 Å². The maximum absolute atomic E-state index is 12.3. The Labute approximate surface area is 169 Å². The molecule has 0 saturated carbocycles. The third-order valence-corrected chi connectivity index (χ3v) is 7.84. The summed E-state index contributed by atoms with van der Waals surface area (Å²) in [7, 11) is -6.38. The van der Waals surface area contributed by atoms with E-state index in [4.69, 9.17) is 4.74 Å². The van der Waals surface area contributed by atoms with Crippen molar-refractivity contribution in [3.05, 3.63) is 21.9 Å². The van der Waals surface area contributed by atoms with Crippen LogP contribution in [0.1, 0.15) is 27.9 Å². The maximum Gasteiger partial charge on any atom is 0.348 e. The monoisotopic (exact) mass is 452 g/mol. The lowest BCUT2D eigenvalue weighted by Crippen LogP contribution is -2.43. The van der Waals surface area contributed by atoms with Gasteiger partial charge >= 0.3 is 5.97 Å². The van der Waals surface area contributed by atoms with Crippen LogP contribution in [0, 0.1) is 0 Å². The van der Waals surface area contributed by atoms with Gasteiger partial charge < -0.3 is 9.64 Å². The first-order valence-electron chi connectivity index (χ1n) is 8.71. The number of thiophene rings is 1. The molecule has 2 heterocycles. The lowest BCUT2D eigenvalue weighted by molar-refractivity contribution is -0.136. The van der Waals surface area contributed by atoms with E-state index < -0.39 is 38.3 Å². The molecule has 0 spiro atoms. The van der Waals surface area contributed by atoms with Crippen molar-refractivity contribution < 1.29 is 31.2 Å². The Kier molecular flexibility index (Phi) is 7.59. The quantitative estimate of drug-likeness (QED) is 0.524. The number of rotatable bonds is 9. The van der Waals surface area contributed by atoms with Crippen LogP contribution in [-0.2, 0) is 35.8 Å². The number of amides is 1. The number of carbonyl (C=O) groups excluding carboxylic acids is 2. The highest BCUT2D eigenvalue weighted by molar-refractivity contribution is 7.91. The summed E-state index contributed by atoms with van der Waals surface area (Å²) in [5.41, 5.74) is 0. The zero-order valence-electron chi connectivity index (χ0n) is 15.7. The lowest BCUT2D eigenvalue weighted by atomic mass is 10.2. The van der Waals surface area contributed by atoms with E-state index >= 15 is 0 Å². The van der Waals surface area contributed by atoms with Crippen LogP contribution < -0.4 is 4.72 Å². The molecular formula is C16H24N2O7S3. The molecule has 9 nitrogen and oxygen atoms in total. The van der Waals surface area contributed by atoms with Crippen LogP contribution >= 0.6 is 11.3 Å². The maximum atomic E-state index is 12.3. The van der Waals surface area contributed by atoms with Gasteiger partial charge in [0.15, 0.2) is 16.4 Å². The lowest BCUT2D eigenvalue weighted by Gasteiger charge is -2.26. The molecule has 0 aromatic carbocycles. The molecule has 12 heteroatoms. The number of sulfone groups is 1. The van der Waals surface area contributed by atoms with Crippen molar-refractivity contribution in [2.45, 2.75) is 25.8 Å². The fraction of sp³-hybridized carbons (Fsp3) is 0.625. The fourth-order valence-corrected chi connectivity index (χ4v) is 6.03. The summed E-state index contributed by atoms with van der Waals surface area (Å²) in [6, 6.07) is 2.89. The molecule has 0 bridgehead atoms. The number of nitrogens with one attached hydrogen (secondary N) is 1. The van der Waals surface area contributed by atoms with Crippen LogP contribution in [0.25, 0.3) is 0 Å². The van der Waals surface area contributed by atoms with E-state index in [1.54, 1.807) is 19.1 Å². The normalized spacial score (nSPS) is 18.7. The molecule has 1 saturated heterocycles. The van der Waals surface area contributed by atoms with Crippen molar-refractivity contribution in [2.75, 3.05) is 37.5 Å². The van der Waals surface area contributed by atoms with Crippen molar-refractivity contribution in [3.8, 4) is 0 Å². The van der Waals surface area contributed by atoms with Crippen LogP contribution in [0.15, 0.2) is 12.1 Å². The smallest absolute Gasteiger partial charge is 0.348 e. The molecule has 1 fully saturated rings. The van der Waals surface area contributed by atoms with E-state index in [0.717, 1.165) is 11.1 Å². The summed E-state index contributed by atoms with van der Waals surface area (Å²) in [5, 5.41) is 0. The van der Waals surface area contributed by atoms with Gasteiger partial charge in [-0.25, -0.2) is 26.4 Å². The SMILES string of the molecule is CCN(C(=O)COC(=O)c1ccc(CCNS(C)(=O)=O)s1)C1CCS(=O)(=O)C1. The second-order valence-electron chi connectivity index (χ2n) is 6.50. The Morgan fingerprint density at radius 3 is 2.64 bits per heavy atom. The highest BCUT2D eigenvalue weighted by Crippen LogP contribution is 2.19. The third-order valence-electron chi connectivity index (χ3n) is 4.24.